The van der Waals surface area contributed by atoms with E-state index >= 15 is 0 Å². The maximum absolute atomic E-state index is 8.72. The molecule has 0 spiro atoms. The van der Waals surface area contributed by atoms with Gasteiger partial charge in [-0.1, -0.05) is 18.5 Å². The lowest BCUT2D eigenvalue weighted by Gasteiger charge is -2.04. The van der Waals surface area contributed by atoms with E-state index in [1.165, 1.54) is 25.7 Å². The summed E-state index contributed by atoms with van der Waals surface area (Å²) in [6, 6.07) is 0. The molecule has 1 N–H and O–H groups in total. The van der Waals surface area contributed by atoms with Crippen molar-refractivity contribution < 1.29 is 9.63 Å². The summed E-state index contributed by atoms with van der Waals surface area (Å²) >= 11 is 0. The smallest absolute Gasteiger partial charge is 0.226 e. The van der Waals surface area contributed by atoms with Gasteiger partial charge in [-0.25, -0.2) is 0 Å². The lowest BCUT2D eigenvalue weighted by atomic mass is 10.0. The second-order valence-electron chi connectivity index (χ2n) is 4.66. The molecule has 2 unspecified atom stereocenters. The van der Waals surface area contributed by atoms with E-state index < -0.39 is 0 Å². The van der Waals surface area contributed by atoms with E-state index in [-0.39, 0.29) is 6.61 Å². The Balaban J connectivity index is 1.92. The second-order valence-corrected chi connectivity index (χ2v) is 4.66. The van der Waals surface area contributed by atoms with Gasteiger partial charge in [0.2, 0.25) is 5.89 Å². The van der Waals surface area contributed by atoms with Crippen LogP contribution in [-0.2, 0) is 6.42 Å². The minimum Gasteiger partial charge on any atom is -0.396 e. The van der Waals surface area contributed by atoms with Gasteiger partial charge in [0.15, 0.2) is 5.82 Å². The average Bonchev–Trinajstić information content (AvgIpc) is 2.94. The van der Waals surface area contributed by atoms with Gasteiger partial charge in [-0.15, -0.1) is 0 Å². The molecule has 1 heterocycles. The van der Waals surface area contributed by atoms with Crippen molar-refractivity contribution in [2.24, 2.45) is 5.92 Å². The van der Waals surface area contributed by atoms with E-state index in [4.69, 9.17) is 9.63 Å². The Kier molecular flexibility index (Phi) is 3.93. The van der Waals surface area contributed by atoms with E-state index in [1.807, 2.05) is 0 Å². The lowest BCUT2D eigenvalue weighted by Crippen LogP contribution is -1.98. The van der Waals surface area contributed by atoms with Crippen LogP contribution in [0, 0.1) is 5.92 Å². The van der Waals surface area contributed by atoms with E-state index in [1.54, 1.807) is 0 Å². The molecule has 0 amide bonds. The molecule has 1 aromatic heterocycles. The van der Waals surface area contributed by atoms with Gasteiger partial charge in [0.1, 0.15) is 0 Å². The highest BCUT2D eigenvalue weighted by Crippen LogP contribution is 2.38. The number of aromatic nitrogens is 2. The summed E-state index contributed by atoms with van der Waals surface area (Å²) in [5.74, 6) is 2.88. The van der Waals surface area contributed by atoms with Gasteiger partial charge in [-0.3, -0.25) is 0 Å². The molecule has 4 nitrogen and oxygen atoms in total. The van der Waals surface area contributed by atoms with Crippen molar-refractivity contribution >= 4 is 0 Å². The lowest BCUT2D eigenvalue weighted by molar-refractivity contribution is 0.278. The molecular weight excluding hydrogens is 204 g/mol. The van der Waals surface area contributed by atoms with Gasteiger partial charge in [0.05, 0.1) is 0 Å². The molecule has 90 valence electrons. The topological polar surface area (TPSA) is 59.2 Å². The predicted octanol–water partition coefficient (Wildman–Crippen LogP) is 2.29. The zero-order valence-electron chi connectivity index (χ0n) is 9.85. The van der Waals surface area contributed by atoms with Crippen LogP contribution in [0.2, 0.25) is 0 Å². The van der Waals surface area contributed by atoms with Gasteiger partial charge < -0.3 is 9.63 Å². The Bertz CT molecular complexity index is 325. The number of nitrogens with zero attached hydrogens (tertiary/aromatic N) is 2. The van der Waals surface area contributed by atoms with Crippen LogP contribution < -0.4 is 0 Å². The van der Waals surface area contributed by atoms with Gasteiger partial charge >= 0.3 is 0 Å². The number of aliphatic hydroxyl groups excluding tert-OH is 1. The summed E-state index contributed by atoms with van der Waals surface area (Å²) in [5.41, 5.74) is 0. The molecule has 1 aliphatic rings. The first kappa shape index (κ1) is 11.6. The summed E-state index contributed by atoms with van der Waals surface area (Å²) in [4.78, 5) is 4.41. The molecule has 1 aromatic rings. The predicted molar refractivity (Wildman–Crippen MR) is 60.1 cm³/mol. The van der Waals surface area contributed by atoms with Crippen molar-refractivity contribution in [3.63, 3.8) is 0 Å². The van der Waals surface area contributed by atoms with Crippen LogP contribution >= 0.6 is 0 Å². The second kappa shape index (κ2) is 5.43. The molecule has 0 aromatic carbocycles. The first-order chi connectivity index (χ1) is 7.83. The molecule has 1 aliphatic carbocycles. The van der Waals surface area contributed by atoms with Gasteiger partial charge in [0, 0.05) is 18.9 Å². The Labute approximate surface area is 96.1 Å². The van der Waals surface area contributed by atoms with Gasteiger partial charge in [-0.05, 0) is 31.6 Å². The third kappa shape index (κ3) is 2.61. The van der Waals surface area contributed by atoms with Crippen molar-refractivity contribution in [1.29, 1.82) is 0 Å². The van der Waals surface area contributed by atoms with Crippen LogP contribution in [0.5, 0.6) is 0 Å². The number of rotatable bonds is 5. The quantitative estimate of drug-likeness (QED) is 0.833. The van der Waals surface area contributed by atoms with E-state index in [0.29, 0.717) is 24.7 Å². The summed E-state index contributed by atoms with van der Waals surface area (Å²) in [6.45, 7) is 2.43. The molecule has 2 atom stereocenters. The standard InChI is InChI=1S/C12H20N2O2/c1-2-9-5-6-10(8-9)12-13-11(16-14-12)4-3-7-15/h9-10,15H,2-8H2,1H3. The Morgan fingerprint density at radius 2 is 2.31 bits per heavy atom. The first-order valence-electron chi connectivity index (χ1n) is 6.26. The molecule has 0 bridgehead atoms. The molecule has 0 radical (unpaired) electrons. The van der Waals surface area contributed by atoms with Crippen LogP contribution in [0.1, 0.15) is 56.7 Å². The highest BCUT2D eigenvalue weighted by Gasteiger charge is 2.28. The Hall–Kier alpha value is -0.900. The van der Waals surface area contributed by atoms with E-state index in [9.17, 15) is 0 Å². The summed E-state index contributed by atoms with van der Waals surface area (Å²) in [7, 11) is 0. The fraction of sp³-hybridized carbons (Fsp3) is 0.833. The highest BCUT2D eigenvalue weighted by molar-refractivity contribution is 4.99. The Morgan fingerprint density at radius 1 is 1.44 bits per heavy atom. The average molecular weight is 224 g/mol. The third-order valence-corrected chi connectivity index (χ3v) is 3.52. The van der Waals surface area contributed by atoms with Crippen molar-refractivity contribution in [2.75, 3.05) is 6.61 Å². The van der Waals surface area contributed by atoms with Crippen molar-refractivity contribution in [1.82, 2.24) is 10.1 Å². The maximum atomic E-state index is 8.72. The molecule has 1 fully saturated rings. The number of aryl methyl sites for hydroxylation is 1. The molecule has 4 heteroatoms. The van der Waals surface area contributed by atoms with Gasteiger partial charge in [0.25, 0.3) is 0 Å². The third-order valence-electron chi connectivity index (χ3n) is 3.52. The van der Waals surface area contributed by atoms with Crippen LogP contribution in [0.15, 0.2) is 4.52 Å². The molecule has 1 saturated carbocycles. The minimum atomic E-state index is 0.180. The van der Waals surface area contributed by atoms with Crippen molar-refractivity contribution in [3.05, 3.63) is 11.7 Å². The molecule has 2 rings (SSSR count). The molecule has 0 aliphatic heterocycles. The normalized spacial score (nSPS) is 25.1. The van der Waals surface area contributed by atoms with E-state index in [2.05, 4.69) is 17.1 Å². The van der Waals surface area contributed by atoms with Crippen LogP contribution in [-0.4, -0.2) is 21.9 Å². The summed E-state index contributed by atoms with van der Waals surface area (Å²) in [5, 5.41) is 12.8. The zero-order chi connectivity index (χ0) is 11.4. The monoisotopic (exact) mass is 224 g/mol. The van der Waals surface area contributed by atoms with Crippen molar-refractivity contribution in [3.8, 4) is 0 Å². The maximum Gasteiger partial charge on any atom is 0.226 e. The zero-order valence-corrected chi connectivity index (χ0v) is 9.85. The molecule has 16 heavy (non-hydrogen) atoms. The fourth-order valence-corrected chi connectivity index (χ4v) is 2.45. The first-order valence-corrected chi connectivity index (χ1v) is 6.26. The van der Waals surface area contributed by atoms with Crippen molar-refractivity contribution in [2.45, 2.75) is 51.4 Å². The number of aliphatic hydroxyl groups is 1. The minimum absolute atomic E-state index is 0.180. The number of hydrogen-bond donors (Lipinski definition) is 1. The van der Waals surface area contributed by atoms with E-state index in [0.717, 1.165) is 11.7 Å². The SMILES string of the molecule is CCC1CCC(c2noc(CCCO)n2)C1. The van der Waals surface area contributed by atoms with Crippen LogP contribution in [0.25, 0.3) is 0 Å². The number of hydrogen-bond acceptors (Lipinski definition) is 4. The highest BCUT2D eigenvalue weighted by atomic mass is 16.5. The fourth-order valence-electron chi connectivity index (χ4n) is 2.45. The van der Waals surface area contributed by atoms with Crippen LogP contribution in [0.4, 0.5) is 0 Å². The van der Waals surface area contributed by atoms with Gasteiger partial charge in [-0.2, -0.15) is 4.98 Å². The largest absolute Gasteiger partial charge is 0.396 e. The summed E-state index contributed by atoms with van der Waals surface area (Å²) < 4.78 is 5.18. The Morgan fingerprint density at radius 3 is 3.00 bits per heavy atom. The molecule has 0 saturated heterocycles. The molecular formula is C12H20N2O2. The summed E-state index contributed by atoms with van der Waals surface area (Å²) in [6.07, 6.45) is 6.33. The van der Waals surface area contributed by atoms with Crippen LogP contribution in [0.3, 0.4) is 0 Å².